The first-order chi connectivity index (χ1) is 11.1. The molecule has 0 saturated carbocycles. The van der Waals surface area contributed by atoms with Crippen LogP contribution in [0, 0.1) is 12.7 Å². The molecule has 0 saturated heterocycles. The van der Waals surface area contributed by atoms with Gasteiger partial charge in [0.05, 0.1) is 0 Å². The summed E-state index contributed by atoms with van der Waals surface area (Å²) in [5.74, 6) is 0.0105. The van der Waals surface area contributed by atoms with Crippen molar-refractivity contribution in [3.8, 4) is 5.75 Å². The fourth-order valence-electron chi connectivity index (χ4n) is 2.49. The molecule has 0 aliphatic carbocycles. The average molecular weight is 324 g/mol. The molecule has 3 heteroatoms. The molecule has 0 bridgehead atoms. The van der Waals surface area contributed by atoms with E-state index in [9.17, 15) is 9.50 Å². The topological polar surface area (TPSA) is 20.2 Å². The van der Waals surface area contributed by atoms with Crippen molar-refractivity contribution in [1.82, 2.24) is 0 Å². The van der Waals surface area contributed by atoms with E-state index in [1.54, 1.807) is 12.1 Å². The third-order valence-corrected chi connectivity index (χ3v) is 5.05. The maximum atomic E-state index is 14.0. The summed E-state index contributed by atoms with van der Waals surface area (Å²) in [5, 5.41) is 11.5. The lowest BCUT2D eigenvalue weighted by Crippen LogP contribution is -2.09. The van der Waals surface area contributed by atoms with E-state index in [0.717, 1.165) is 22.9 Å². The van der Waals surface area contributed by atoms with Crippen molar-refractivity contribution >= 4 is 19.2 Å². The first-order valence-electron chi connectivity index (χ1n) is 7.51. The maximum Gasteiger partial charge on any atom is 0.131 e. The quantitative estimate of drug-likeness (QED) is 0.718. The predicted octanol–water partition coefficient (Wildman–Crippen LogP) is 4.06. The Bertz CT molecular complexity index is 815. The summed E-state index contributed by atoms with van der Waals surface area (Å²) in [5.41, 5.74) is 3.23. The van der Waals surface area contributed by atoms with Crippen molar-refractivity contribution in [3.05, 3.63) is 89.2 Å². The highest BCUT2D eigenvalue weighted by molar-refractivity contribution is 7.55. The molecular formula is C20H18FOP. The second-order valence-corrected chi connectivity index (χ2v) is 6.95. The van der Waals surface area contributed by atoms with Gasteiger partial charge in [0.25, 0.3) is 0 Å². The zero-order chi connectivity index (χ0) is 16.2. The molecule has 1 unspecified atom stereocenters. The van der Waals surface area contributed by atoms with Gasteiger partial charge in [-0.25, -0.2) is 4.39 Å². The third kappa shape index (κ3) is 3.97. The van der Waals surface area contributed by atoms with E-state index >= 15 is 0 Å². The van der Waals surface area contributed by atoms with Crippen LogP contribution in [-0.4, -0.2) is 5.11 Å². The molecule has 0 fully saturated rings. The molecule has 0 spiro atoms. The van der Waals surface area contributed by atoms with Crippen molar-refractivity contribution in [2.24, 2.45) is 0 Å². The molecule has 3 aromatic rings. The first kappa shape index (κ1) is 15.7. The molecule has 0 aliphatic rings. The van der Waals surface area contributed by atoms with Gasteiger partial charge >= 0.3 is 0 Å². The van der Waals surface area contributed by atoms with Gasteiger partial charge in [-0.1, -0.05) is 57.1 Å². The first-order valence-corrected chi connectivity index (χ1v) is 8.51. The van der Waals surface area contributed by atoms with E-state index in [2.05, 4.69) is 12.1 Å². The molecule has 1 nitrogen and oxygen atoms in total. The second-order valence-electron chi connectivity index (χ2n) is 5.62. The highest BCUT2D eigenvalue weighted by atomic mass is 31.1. The Morgan fingerprint density at radius 2 is 1.65 bits per heavy atom. The lowest BCUT2D eigenvalue weighted by atomic mass is 10.1. The Morgan fingerprint density at radius 1 is 0.870 bits per heavy atom. The van der Waals surface area contributed by atoms with Gasteiger partial charge in [-0.3, -0.25) is 0 Å². The Morgan fingerprint density at radius 3 is 2.39 bits per heavy atom. The summed E-state index contributed by atoms with van der Waals surface area (Å²) >= 11 is 0. The number of benzene rings is 3. The van der Waals surface area contributed by atoms with Crippen molar-refractivity contribution in [3.63, 3.8) is 0 Å². The monoisotopic (exact) mass is 324 g/mol. The normalized spacial score (nSPS) is 11.2. The summed E-state index contributed by atoms with van der Waals surface area (Å²) in [6, 6.07) is 21.0. The second kappa shape index (κ2) is 6.93. The van der Waals surface area contributed by atoms with Crippen molar-refractivity contribution in [1.29, 1.82) is 0 Å². The molecule has 0 aromatic heterocycles. The van der Waals surface area contributed by atoms with Gasteiger partial charge in [0.15, 0.2) is 0 Å². The number of hydrogen-bond acceptors (Lipinski definition) is 1. The van der Waals surface area contributed by atoms with Gasteiger partial charge in [-0.15, -0.1) is 0 Å². The van der Waals surface area contributed by atoms with Crippen LogP contribution in [-0.2, 0) is 6.42 Å². The number of phenols is 1. The minimum Gasteiger partial charge on any atom is -0.507 e. The van der Waals surface area contributed by atoms with Crippen molar-refractivity contribution in [2.75, 3.05) is 0 Å². The summed E-state index contributed by atoms with van der Waals surface area (Å²) in [4.78, 5) is 0. The van der Waals surface area contributed by atoms with Crippen LogP contribution in [0.1, 0.15) is 16.7 Å². The molecule has 1 atom stereocenters. The highest BCUT2D eigenvalue weighted by Crippen LogP contribution is 2.22. The Kier molecular flexibility index (Phi) is 4.73. The van der Waals surface area contributed by atoms with Crippen LogP contribution < -0.4 is 10.6 Å². The summed E-state index contributed by atoms with van der Waals surface area (Å²) < 4.78 is 14.0. The van der Waals surface area contributed by atoms with Gasteiger partial charge in [0, 0.05) is 10.6 Å². The number of aromatic hydroxyl groups is 1. The number of aryl methyl sites for hydroxylation is 1. The van der Waals surface area contributed by atoms with Crippen LogP contribution in [0.3, 0.4) is 0 Å². The Hall–Kier alpha value is -2.18. The van der Waals surface area contributed by atoms with Gasteiger partial charge in [0.1, 0.15) is 11.6 Å². The lowest BCUT2D eigenvalue weighted by Gasteiger charge is -2.10. The number of phenolic OH excluding ortho intramolecular Hbond substituents is 1. The van der Waals surface area contributed by atoms with E-state index in [-0.39, 0.29) is 20.1 Å². The standard InChI is InChI=1S/C20H18FOP/c1-14-7-10-19(17(21)11-14)23-20-13-16(8-9-18(20)22)12-15-5-3-2-4-6-15/h2-11,13,22-23H,12H2,1H3. The molecular weight excluding hydrogens is 306 g/mol. The smallest absolute Gasteiger partial charge is 0.131 e. The maximum absolute atomic E-state index is 14.0. The molecule has 3 rings (SSSR count). The van der Waals surface area contributed by atoms with Crippen LogP contribution in [0.5, 0.6) is 5.75 Å². The molecule has 0 heterocycles. The predicted molar refractivity (Wildman–Crippen MR) is 96.1 cm³/mol. The van der Waals surface area contributed by atoms with Crippen molar-refractivity contribution < 1.29 is 9.50 Å². The van der Waals surface area contributed by atoms with Gasteiger partial charge in [-0.2, -0.15) is 0 Å². The Labute approximate surface area is 137 Å². The van der Waals surface area contributed by atoms with Crippen LogP contribution in [0.15, 0.2) is 66.7 Å². The molecule has 1 N–H and O–H groups in total. The van der Waals surface area contributed by atoms with E-state index in [0.29, 0.717) is 5.30 Å². The molecule has 0 radical (unpaired) electrons. The van der Waals surface area contributed by atoms with E-state index < -0.39 is 0 Å². The number of halogens is 1. The van der Waals surface area contributed by atoms with E-state index in [1.165, 1.54) is 11.6 Å². The van der Waals surface area contributed by atoms with Crippen LogP contribution >= 0.6 is 8.58 Å². The zero-order valence-electron chi connectivity index (χ0n) is 12.9. The summed E-state index contributed by atoms with van der Waals surface area (Å²) in [6.07, 6.45) is 0.801. The SMILES string of the molecule is Cc1ccc(Pc2cc(Cc3ccccc3)ccc2O)c(F)c1. The van der Waals surface area contributed by atoms with Gasteiger partial charge in [-0.05, 0) is 48.2 Å². The lowest BCUT2D eigenvalue weighted by molar-refractivity contribution is 0.479. The minimum absolute atomic E-state index is 0.103. The molecule has 0 amide bonds. The zero-order valence-corrected chi connectivity index (χ0v) is 13.9. The van der Waals surface area contributed by atoms with Crippen LogP contribution in [0.2, 0.25) is 0 Å². The highest BCUT2D eigenvalue weighted by Gasteiger charge is 2.08. The number of rotatable bonds is 4. The average Bonchev–Trinajstić information content (AvgIpc) is 2.54. The van der Waals surface area contributed by atoms with E-state index in [1.807, 2.05) is 43.3 Å². The fraction of sp³-hybridized carbons (Fsp3) is 0.100. The van der Waals surface area contributed by atoms with E-state index in [4.69, 9.17) is 0 Å². The fourth-order valence-corrected chi connectivity index (χ4v) is 3.61. The van der Waals surface area contributed by atoms with Crippen molar-refractivity contribution in [2.45, 2.75) is 13.3 Å². The molecule has 3 aromatic carbocycles. The largest absolute Gasteiger partial charge is 0.507 e. The molecule has 0 aliphatic heterocycles. The third-order valence-electron chi connectivity index (χ3n) is 3.71. The number of hydrogen-bond donors (Lipinski definition) is 1. The van der Waals surface area contributed by atoms with Crippen LogP contribution in [0.25, 0.3) is 0 Å². The van der Waals surface area contributed by atoms with Crippen LogP contribution in [0.4, 0.5) is 4.39 Å². The minimum atomic E-state index is -0.212. The molecule has 23 heavy (non-hydrogen) atoms. The summed E-state index contributed by atoms with van der Waals surface area (Å²) in [6.45, 7) is 1.87. The van der Waals surface area contributed by atoms with Gasteiger partial charge < -0.3 is 5.11 Å². The summed E-state index contributed by atoms with van der Waals surface area (Å²) in [7, 11) is 0.103. The Balaban J connectivity index is 1.86. The molecule has 116 valence electrons. The van der Waals surface area contributed by atoms with Gasteiger partial charge in [0.2, 0.25) is 0 Å².